The van der Waals surface area contributed by atoms with Gasteiger partial charge in [0.25, 0.3) is 0 Å². The van der Waals surface area contributed by atoms with Crippen molar-refractivity contribution in [3.05, 3.63) is 204 Å². The van der Waals surface area contributed by atoms with Crippen molar-refractivity contribution < 1.29 is 8.83 Å². The van der Waals surface area contributed by atoms with Crippen molar-refractivity contribution in [1.82, 2.24) is 9.13 Å². The van der Waals surface area contributed by atoms with Gasteiger partial charge in [0.05, 0.1) is 51.0 Å². The molecule has 4 aromatic heterocycles. The minimum absolute atomic E-state index is 0.587. The molecule has 0 amide bonds. The van der Waals surface area contributed by atoms with Gasteiger partial charge in [0, 0.05) is 48.8 Å². The molecule has 0 bridgehead atoms. The van der Waals surface area contributed by atoms with Gasteiger partial charge in [0.2, 0.25) is 0 Å². The lowest BCUT2D eigenvalue weighted by atomic mass is 9.98. The Morgan fingerprint density at radius 2 is 0.969 bits per heavy atom. The van der Waals surface area contributed by atoms with Crippen molar-refractivity contribution in [2.75, 3.05) is 0 Å². The molecule has 0 saturated carbocycles. The summed E-state index contributed by atoms with van der Waals surface area (Å²) in [6, 6.07) is 68.2. The molecule has 13 aromatic rings. The van der Waals surface area contributed by atoms with Gasteiger partial charge < -0.3 is 18.0 Å². The Labute approximate surface area is 372 Å². The van der Waals surface area contributed by atoms with E-state index < -0.39 is 0 Å². The smallest absolute Gasteiger partial charge is 0.159 e. The van der Waals surface area contributed by atoms with Gasteiger partial charge in [-0.3, -0.25) is 0 Å². The molecule has 0 saturated heterocycles. The van der Waals surface area contributed by atoms with Crippen LogP contribution in [0.3, 0.4) is 0 Å². The van der Waals surface area contributed by atoms with E-state index in [1.54, 1.807) is 0 Å². The molecule has 0 atom stereocenters. The van der Waals surface area contributed by atoms with Gasteiger partial charge in [0.15, 0.2) is 5.58 Å². The molecular weight excluding hydrogens is 797 g/mol. The monoisotopic (exact) mass is 832 g/mol. The fraction of sp³-hybridized carbons (Fsp3) is 0.0508. The van der Waals surface area contributed by atoms with Crippen LogP contribution in [-0.2, 0) is 12.8 Å². The van der Waals surface area contributed by atoms with E-state index >= 15 is 0 Å². The lowest BCUT2D eigenvalue weighted by Gasteiger charge is -2.09. The second-order valence-corrected chi connectivity index (χ2v) is 17.0. The summed E-state index contributed by atoms with van der Waals surface area (Å²) in [5.41, 5.74) is 15.9. The van der Waals surface area contributed by atoms with Crippen LogP contribution in [0.1, 0.15) is 28.7 Å². The Hall–Kier alpha value is -8.84. The van der Waals surface area contributed by atoms with Crippen LogP contribution >= 0.6 is 0 Å². The average molecular weight is 833 g/mol. The van der Waals surface area contributed by atoms with Crippen molar-refractivity contribution >= 4 is 87.5 Å². The van der Waals surface area contributed by atoms with Gasteiger partial charge in [-0.05, 0) is 139 Å². The van der Waals surface area contributed by atoms with E-state index in [9.17, 15) is 10.5 Å². The topological polar surface area (TPSA) is 83.7 Å². The maximum Gasteiger partial charge on any atom is 0.159 e. The highest BCUT2D eigenvalue weighted by atomic mass is 16.3. The number of aryl methyl sites for hydroxylation is 2. The Balaban J connectivity index is 0.769. The molecule has 9 aromatic carbocycles. The summed E-state index contributed by atoms with van der Waals surface area (Å²) in [4.78, 5) is 0. The minimum atomic E-state index is 0.587. The number of rotatable bonds is 7. The zero-order valence-corrected chi connectivity index (χ0v) is 35.0. The number of nitrogens with zero attached hydrogens (tertiary/aromatic N) is 4. The Morgan fingerprint density at radius 3 is 1.75 bits per heavy atom. The van der Waals surface area contributed by atoms with Crippen LogP contribution in [0.25, 0.3) is 110 Å². The van der Waals surface area contributed by atoms with E-state index in [0.29, 0.717) is 11.1 Å². The van der Waals surface area contributed by atoms with Crippen LogP contribution < -0.4 is 0 Å². The summed E-state index contributed by atoms with van der Waals surface area (Å²) >= 11 is 0. The lowest BCUT2D eigenvalue weighted by Crippen LogP contribution is -1.94. The van der Waals surface area contributed by atoms with E-state index in [-0.39, 0.29) is 0 Å². The van der Waals surface area contributed by atoms with Crippen molar-refractivity contribution in [2.24, 2.45) is 0 Å². The van der Waals surface area contributed by atoms with E-state index in [4.69, 9.17) is 8.83 Å². The number of para-hydroxylation sites is 3. The summed E-state index contributed by atoms with van der Waals surface area (Å²) in [6.45, 7) is 0. The fourth-order valence-electron chi connectivity index (χ4n) is 10.2. The van der Waals surface area contributed by atoms with Gasteiger partial charge in [-0.15, -0.1) is 0 Å². The van der Waals surface area contributed by atoms with Crippen LogP contribution in [-0.4, -0.2) is 9.13 Å². The van der Waals surface area contributed by atoms with Crippen LogP contribution in [0.5, 0.6) is 0 Å². The minimum Gasteiger partial charge on any atom is -0.456 e. The van der Waals surface area contributed by atoms with Crippen molar-refractivity contribution in [3.8, 4) is 34.6 Å². The molecule has 0 aliphatic heterocycles. The molecule has 4 heterocycles. The Morgan fingerprint density at radius 1 is 0.385 bits per heavy atom. The SMILES string of the molecule is N#Cc1ccc2c(c1)c1cc(C#N)ccc1n2-c1ccc2oc3ccc(CCCc4ccc(-c5ccc6c(c5)c5ccccc5n6-c5cccc6c5oc5ccccc56)cc4)cc3c2c1. The first kappa shape index (κ1) is 36.8. The van der Waals surface area contributed by atoms with Crippen molar-refractivity contribution in [3.63, 3.8) is 0 Å². The first-order valence-electron chi connectivity index (χ1n) is 22.0. The molecule has 13 rings (SSSR count). The van der Waals surface area contributed by atoms with Crippen LogP contribution in [0.15, 0.2) is 191 Å². The van der Waals surface area contributed by atoms with Crippen molar-refractivity contribution in [1.29, 1.82) is 10.5 Å². The third-order valence-electron chi connectivity index (χ3n) is 13.3. The molecule has 0 spiro atoms. The van der Waals surface area contributed by atoms with E-state index in [1.165, 1.54) is 33.0 Å². The predicted molar refractivity (Wildman–Crippen MR) is 263 cm³/mol. The quantitative estimate of drug-likeness (QED) is 0.160. The average Bonchev–Trinajstić information content (AvgIpc) is 4.11. The summed E-state index contributed by atoms with van der Waals surface area (Å²) in [7, 11) is 0. The molecule has 65 heavy (non-hydrogen) atoms. The van der Waals surface area contributed by atoms with Gasteiger partial charge in [-0.1, -0.05) is 84.9 Å². The number of fused-ring (bicyclic) bond motifs is 12. The number of hydrogen-bond donors (Lipinski definition) is 0. The first-order chi connectivity index (χ1) is 32.1. The second-order valence-electron chi connectivity index (χ2n) is 17.0. The van der Waals surface area contributed by atoms with E-state index in [2.05, 4.69) is 149 Å². The second kappa shape index (κ2) is 14.4. The molecular formula is C59H36N4O2. The maximum atomic E-state index is 9.66. The van der Waals surface area contributed by atoms with E-state index in [1.807, 2.05) is 54.6 Å². The Bertz CT molecular complexity index is 4110. The molecule has 0 radical (unpaired) electrons. The largest absolute Gasteiger partial charge is 0.456 e. The van der Waals surface area contributed by atoms with Crippen LogP contribution in [0, 0.1) is 22.7 Å². The molecule has 0 N–H and O–H groups in total. The van der Waals surface area contributed by atoms with Crippen LogP contribution in [0.2, 0.25) is 0 Å². The number of hydrogen-bond acceptors (Lipinski definition) is 4. The molecule has 6 nitrogen and oxygen atoms in total. The zero-order valence-electron chi connectivity index (χ0n) is 35.0. The lowest BCUT2D eigenvalue weighted by molar-refractivity contribution is 0.666. The summed E-state index contributed by atoms with van der Waals surface area (Å²) < 4.78 is 17.4. The molecule has 0 fully saturated rings. The third-order valence-corrected chi connectivity index (χ3v) is 13.3. The molecule has 0 aliphatic carbocycles. The maximum absolute atomic E-state index is 9.66. The van der Waals surface area contributed by atoms with Gasteiger partial charge in [-0.2, -0.15) is 10.5 Å². The van der Waals surface area contributed by atoms with Crippen molar-refractivity contribution in [2.45, 2.75) is 19.3 Å². The van der Waals surface area contributed by atoms with Gasteiger partial charge in [0.1, 0.15) is 16.7 Å². The van der Waals surface area contributed by atoms with Gasteiger partial charge in [-0.25, -0.2) is 0 Å². The van der Waals surface area contributed by atoms with Gasteiger partial charge >= 0.3 is 0 Å². The number of benzene rings is 9. The molecule has 6 heteroatoms. The fourth-order valence-corrected chi connectivity index (χ4v) is 10.2. The first-order valence-corrected chi connectivity index (χ1v) is 22.0. The summed E-state index contributed by atoms with van der Waals surface area (Å²) in [5, 5.41) is 28.0. The highest BCUT2D eigenvalue weighted by Crippen LogP contribution is 2.40. The normalized spacial score (nSPS) is 11.8. The predicted octanol–water partition coefficient (Wildman–Crippen LogP) is 15.3. The molecule has 0 unspecified atom stereocenters. The summed E-state index contributed by atoms with van der Waals surface area (Å²) in [6.07, 6.45) is 2.94. The van der Waals surface area contributed by atoms with Crippen LogP contribution in [0.4, 0.5) is 0 Å². The number of furan rings is 2. The third kappa shape index (κ3) is 5.78. The number of nitriles is 2. The van der Waals surface area contributed by atoms with E-state index in [0.717, 1.165) is 107 Å². The molecule has 304 valence electrons. The molecule has 0 aliphatic rings. The highest BCUT2D eigenvalue weighted by Gasteiger charge is 2.19. The summed E-state index contributed by atoms with van der Waals surface area (Å²) in [5.74, 6) is 0. The Kier molecular flexibility index (Phi) is 8.12. The zero-order chi connectivity index (χ0) is 43.2. The standard InChI is InChI=1S/C59H36N4O2/c60-34-38-17-24-52-46(30-38)47-31-39(35-61)18-25-53(47)62(52)42-23-28-58-50(33-42)49-29-37(19-27-57(49)64-58)8-5-7-36-15-20-40(21-16-36)41-22-26-54-48(32-41)43-9-1-3-12-51(43)63(54)55-13-6-11-45-44-10-2-4-14-56(44)65-59(45)55/h1-4,6,9-33H,5,7-8H2. The highest BCUT2D eigenvalue weighted by molar-refractivity contribution is 6.14. The number of aromatic nitrogens is 2.